The molecule has 1 saturated carbocycles. The molecule has 1 fully saturated rings. The summed E-state index contributed by atoms with van der Waals surface area (Å²) in [6.45, 7) is -0.0354. The van der Waals surface area contributed by atoms with Crippen LogP contribution in [0.3, 0.4) is 0 Å². The Hall–Kier alpha value is -1.76. The van der Waals surface area contributed by atoms with Gasteiger partial charge in [-0.3, -0.25) is 4.79 Å². The van der Waals surface area contributed by atoms with Crippen molar-refractivity contribution in [2.75, 3.05) is 13.2 Å². The third kappa shape index (κ3) is 5.70. The van der Waals surface area contributed by atoms with Gasteiger partial charge in [-0.2, -0.15) is 13.2 Å². The van der Waals surface area contributed by atoms with Crippen LogP contribution in [-0.4, -0.2) is 30.3 Å². The first-order valence-corrected chi connectivity index (χ1v) is 8.12. The van der Waals surface area contributed by atoms with Gasteiger partial charge in [0.15, 0.2) is 0 Å². The highest BCUT2D eigenvalue weighted by Crippen LogP contribution is 2.30. The first kappa shape index (κ1) is 18.6. The van der Waals surface area contributed by atoms with E-state index in [1.54, 1.807) is 0 Å². The van der Waals surface area contributed by atoms with Crippen LogP contribution in [0.2, 0.25) is 0 Å². The summed E-state index contributed by atoms with van der Waals surface area (Å²) in [5.41, 5.74) is -0.754. The van der Waals surface area contributed by atoms with Gasteiger partial charge in [0.05, 0.1) is 5.56 Å². The third-order valence-corrected chi connectivity index (χ3v) is 4.11. The maximum Gasteiger partial charge on any atom is 0.416 e. The molecule has 1 aliphatic carbocycles. The van der Waals surface area contributed by atoms with Crippen molar-refractivity contribution in [2.24, 2.45) is 5.92 Å². The van der Waals surface area contributed by atoms with Crippen LogP contribution in [0, 0.1) is 5.92 Å². The van der Waals surface area contributed by atoms with Crippen LogP contribution >= 0.6 is 0 Å². The van der Waals surface area contributed by atoms with E-state index in [-0.39, 0.29) is 30.7 Å². The quantitative estimate of drug-likeness (QED) is 0.833. The number of hydrogen-bond acceptors (Lipinski definition) is 3. The maximum absolute atomic E-state index is 12.4. The minimum absolute atomic E-state index is 0.0155. The summed E-state index contributed by atoms with van der Waals surface area (Å²) in [6.07, 6.45) is -0.280. The minimum atomic E-state index is -4.39. The number of ether oxygens (including phenoxy) is 1. The largest absolute Gasteiger partial charge is 0.491 e. The zero-order chi connectivity index (χ0) is 17.6. The molecule has 2 N–H and O–H groups in total. The summed E-state index contributed by atoms with van der Waals surface area (Å²) in [5.74, 6) is 0.200. The number of hydrogen-bond donors (Lipinski definition) is 2. The van der Waals surface area contributed by atoms with Crippen molar-refractivity contribution in [1.82, 2.24) is 5.32 Å². The van der Waals surface area contributed by atoms with Gasteiger partial charge in [0, 0.05) is 12.5 Å². The van der Waals surface area contributed by atoms with Crippen molar-refractivity contribution in [3.63, 3.8) is 0 Å². The highest BCUT2D eigenvalue weighted by atomic mass is 19.4. The van der Waals surface area contributed by atoms with E-state index in [0.717, 1.165) is 44.2 Å². The fraction of sp³-hybridized carbons (Fsp3) is 0.588. The predicted molar refractivity (Wildman–Crippen MR) is 82.5 cm³/mol. The number of carbonyl (C=O) groups excluding carboxylic acids is 1. The van der Waals surface area contributed by atoms with Crippen molar-refractivity contribution in [2.45, 2.75) is 44.4 Å². The average Bonchev–Trinajstić information content (AvgIpc) is 2.58. The van der Waals surface area contributed by atoms with Gasteiger partial charge in [-0.1, -0.05) is 19.3 Å². The SMILES string of the molecule is O=C(NCC(O)COc1ccc(C(F)(F)F)cc1)C1CCCCC1. The van der Waals surface area contributed by atoms with E-state index in [1.807, 2.05) is 0 Å². The lowest BCUT2D eigenvalue weighted by atomic mass is 9.89. The molecule has 24 heavy (non-hydrogen) atoms. The second-order valence-electron chi connectivity index (χ2n) is 6.07. The standard InChI is InChI=1S/C17H22F3NO3/c18-17(19,20)13-6-8-15(9-7-13)24-11-14(22)10-21-16(23)12-4-2-1-3-5-12/h6-9,12,14,22H,1-5,10-11H2,(H,21,23). The second kappa shape index (κ2) is 8.37. The summed E-state index contributed by atoms with van der Waals surface area (Å²) >= 11 is 0. The van der Waals surface area contributed by atoms with E-state index >= 15 is 0 Å². The van der Waals surface area contributed by atoms with Crippen molar-refractivity contribution >= 4 is 5.91 Å². The number of aliphatic hydroxyl groups excluding tert-OH is 1. The Morgan fingerprint density at radius 3 is 2.42 bits per heavy atom. The van der Waals surface area contributed by atoms with Crippen molar-refractivity contribution < 1.29 is 27.8 Å². The first-order chi connectivity index (χ1) is 11.4. The van der Waals surface area contributed by atoms with Gasteiger partial charge in [0.25, 0.3) is 0 Å². The van der Waals surface area contributed by atoms with Crippen LogP contribution in [0.1, 0.15) is 37.7 Å². The van der Waals surface area contributed by atoms with Crippen LogP contribution in [0.4, 0.5) is 13.2 Å². The van der Waals surface area contributed by atoms with Crippen molar-refractivity contribution in [3.8, 4) is 5.75 Å². The molecule has 1 aromatic rings. The topological polar surface area (TPSA) is 58.6 Å². The van der Waals surface area contributed by atoms with Gasteiger partial charge in [0.2, 0.25) is 5.91 Å². The molecule has 2 rings (SSSR count). The number of rotatable bonds is 6. The van der Waals surface area contributed by atoms with E-state index in [0.29, 0.717) is 0 Å². The van der Waals surface area contributed by atoms with Gasteiger partial charge >= 0.3 is 6.18 Å². The molecular formula is C17H22F3NO3. The van der Waals surface area contributed by atoms with Gasteiger partial charge < -0.3 is 15.2 Å². The number of amides is 1. The molecule has 1 aliphatic rings. The summed E-state index contributed by atoms with van der Waals surface area (Å²) in [5, 5.41) is 12.5. The van der Waals surface area contributed by atoms with Crippen LogP contribution in [-0.2, 0) is 11.0 Å². The normalized spacial score (nSPS) is 17.3. The van der Waals surface area contributed by atoms with E-state index in [2.05, 4.69) is 5.32 Å². The Morgan fingerprint density at radius 1 is 1.21 bits per heavy atom. The van der Waals surface area contributed by atoms with Crippen LogP contribution in [0.5, 0.6) is 5.75 Å². The number of aliphatic hydroxyl groups is 1. The Balaban J connectivity index is 1.70. The van der Waals surface area contributed by atoms with E-state index in [9.17, 15) is 23.1 Å². The predicted octanol–water partition coefficient (Wildman–Crippen LogP) is 3.14. The fourth-order valence-electron chi connectivity index (χ4n) is 2.72. The van der Waals surface area contributed by atoms with Crippen molar-refractivity contribution in [1.29, 1.82) is 0 Å². The summed E-state index contributed by atoms with van der Waals surface area (Å²) in [6, 6.07) is 4.26. The van der Waals surface area contributed by atoms with Gasteiger partial charge in [-0.05, 0) is 37.1 Å². The molecule has 0 spiro atoms. The van der Waals surface area contributed by atoms with Gasteiger partial charge in [-0.15, -0.1) is 0 Å². The molecule has 0 radical (unpaired) electrons. The molecule has 1 amide bonds. The summed E-state index contributed by atoms with van der Waals surface area (Å²) in [7, 11) is 0. The summed E-state index contributed by atoms with van der Waals surface area (Å²) in [4.78, 5) is 11.9. The number of benzene rings is 1. The lowest BCUT2D eigenvalue weighted by Crippen LogP contribution is -2.39. The van der Waals surface area contributed by atoms with E-state index < -0.39 is 17.8 Å². The third-order valence-electron chi connectivity index (χ3n) is 4.11. The Kier molecular flexibility index (Phi) is 6.48. The number of halogens is 3. The first-order valence-electron chi connectivity index (χ1n) is 8.12. The highest BCUT2D eigenvalue weighted by Gasteiger charge is 2.30. The van der Waals surface area contributed by atoms with E-state index in [1.165, 1.54) is 12.1 Å². The molecule has 0 aromatic heterocycles. The zero-order valence-corrected chi connectivity index (χ0v) is 13.3. The Bertz CT molecular complexity index is 525. The molecule has 7 heteroatoms. The average molecular weight is 345 g/mol. The number of carbonyl (C=O) groups is 1. The maximum atomic E-state index is 12.4. The monoisotopic (exact) mass is 345 g/mol. The molecule has 1 atom stereocenters. The minimum Gasteiger partial charge on any atom is -0.491 e. The molecule has 1 aromatic carbocycles. The van der Waals surface area contributed by atoms with Gasteiger partial charge in [0.1, 0.15) is 18.5 Å². The van der Waals surface area contributed by atoms with Gasteiger partial charge in [-0.25, -0.2) is 0 Å². The fourth-order valence-corrected chi connectivity index (χ4v) is 2.72. The molecule has 134 valence electrons. The van der Waals surface area contributed by atoms with Crippen LogP contribution < -0.4 is 10.1 Å². The molecule has 0 heterocycles. The molecule has 1 unspecified atom stereocenters. The van der Waals surface area contributed by atoms with E-state index in [4.69, 9.17) is 4.74 Å². The van der Waals surface area contributed by atoms with Crippen molar-refractivity contribution in [3.05, 3.63) is 29.8 Å². The lowest BCUT2D eigenvalue weighted by Gasteiger charge is -2.21. The number of nitrogens with one attached hydrogen (secondary N) is 1. The van der Waals surface area contributed by atoms with Crippen LogP contribution in [0.15, 0.2) is 24.3 Å². The molecule has 0 saturated heterocycles. The second-order valence-corrected chi connectivity index (χ2v) is 6.07. The molecule has 4 nitrogen and oxygen atoms in total. The lowest BCUT2D eigenvalue weighted by molar-refractivity contribution is -0.137. The highest BCUT2D eigenvalue weighted by molar-refractivity contribution is 5.78. The Labute approximate surface area is 139 Å². The van der Waals surface area contributed by atoms with Crippen LogP contribution in [0.25, 0.3) is 0 Å². The molecular weight excluding hydrogens is 323 g/mol. The Morgan fingerprint density at radius 2 is 1.83 bits per heavy atom. The summed E-state index contributed by atoms with van der Waals surface area (Å²) < 4.78 is 42.6. The molecule has 0 aliphatic heterocycles. The zero-order valence-electron chi connectivity index (χ0n) is 13.3. The smallest absolute Gasteiger partial charge is 0.416 e. The number of alkyl halides is 3. The molecule has 0 bridgehead atoms.